The summed E-state index contributed by atoms with van der Waals surface area (Å²) < 4.78 is 8.51. The van der Waals surface area contributed by atoms with Crippen molar-refractivity contribution in [2.75, 3.05) is 24.6 Å². The minimum atomic E-state index is -0.970. The first-order valence-corrected chi connectivity index (χ1v) is 9.86. The second-order valence-electron chi connectivity index (χ2n) is 5.04. The molecule has 2 heteroatoms. The summed E-state index contributed by atoms with van der Waals surface area (Å²) in [5.74, 6) is 0. The Morgan fingerprint density at radius 2 is 1.06 bits per heavy atom. The van der Waals surface area contributed by atoms with E-state index < -0.39 is 7.26 Å². The standard InChI is InChI=1S/C15H34P.Y/c1-5-9-13-16(12-8-4,14-10-6-2)15-11-7-3;/h5-15H2,1-4H3;/q+1;/i12D;. The number of rotatable bonds is 11. The quantitative estimate of drug-likeness (QED) is 0.418. The fourth-order valence-electron chi connectivity index (χ4n) is 2.42. The zero-order chi connectivity index (χ0) is 13.1. The maximum absolute atomic E-state index is 8.51. The van der Waals surface area contributed by atoms with Crippen LogP contribution in [0.3, 0.4) is 0 Å². The average Bonchev–Trinajstić information content (AvgIpc) is 2.37. The monoisotopic (exact) mass is 335 g/mol. The van der Waals surface area contributed by atoms with Crippen molar-refractivity contribution >= 4 is 7.26 Å². The maximum atomic E-state index is 8.51. The van der Waals surface area contributed by atoms with Crippen molar-refractivity contribution in [3.8, 4) is 0 Å². The van der Waals surface area contributed by atoms with E-state index in [0.717, 1.165) is 6.42 Å². The fourth-order valence-corrected chi connectivity index (χ4v) is 7.25. The van der Waals surface area contributed by atoms with E-state index in [1.165, 1.54) is 57.0 Å². The van der Waals surface area contributed by atoms with E-state index in [1.807, 2.05) is 0 Å². The van der Waals surface area contributed by atoms with Gasteiger partial charge in [0.05, 0.1) is 26.0 Å². The van der Waals surface area contributed by atoms with Gasteiger partial charge >= 0.3 is 0 Å². The molecule has 17 heavy (non-hydrogen) atoms. The van der Waals surface area contributed by atoms with Crippen LogP contribution >= 0.6 is 7.26 Å². The van der Waals surface area contributed by atoms with Crippen molar-refractivity contribution in [2.24, 2.45) is 0 Å². The van der Waals surface area contributed by atoms with Crippen molar-refractivity contribution in [1.82, 2.24) is 0 Å². The van der Waals surface area contributed by atoms with Crippen LogP contribution in [0.25, 0.3) is 0 Å². The second-order valence-corrected chi connectivity index (χ2v) is 9.18. The molecule has 0 aromatic heterocycles. The molecule has 1 unspecified atom stereocenters. The summed E-state index contributed by atoms with van der Waals surface area (Å²) in [6.07, 6.45) is 13.5. The molecule has 0 aromatic carbocycles. The first-order valence-electron chi connectivity index (χ1n) is 8.02. The van der Waals surface area contributed by atoms with Gasteiger partial charge in [-0.05, 0) is 25.7 Å². The van der Waals surface area contributed by atoms with Crippen LogP contribution in [0.2, 0.25) is 0 Å². The van der Waals surface area contributed by atoms with Gasteiger partial charge in [0.1, 0.15) is 0 Å². The van der Waals surface area contributed by atoms with E-state index in [-0.39, 0.29) is 38.8 Å². The smallest absolute Gasteiger partial charge is 0.0652 e. The third kappa shape index (κ3) is 10.0. The SMILES string of the molecule is [2H]C(CC)[P+](CCCC)(CCCC)CCCC.[Y]. The third-order valence-electron chi connectivity index (χ3n) is 3.44. The Morgan fingerprint density at radius 1 is 0.706 bits per heavy atom. The molecule has 0 heterocycles. The van der Waals surface area contributed by atoms with Crippen LogP contribution in [-0.2, 0) is 32.7 Å². The summed E-state index contributed by atoms with van der Waals surface area (Å²) in [6, 6.07) is 0. The van der Waals surface area contributed by atoms with E-state index in [9.17, 15) is 0 Å². The number of unbranched alkanes of at least 4 members (excludes halogenated alkanes) is 3. The van der Waals surface area contributed by atoms with Crippen molar-refractivity contribution < 1.29 is 34.1 Å². The predicted molar refractivity (Wildman–Crippen MR) is 81.4 cm³/mol. The van der Waals surface area contributed by atoms with E-state index in [4.69, 9.17) is 1.37 Å². The van der Waals surface area contributed by atoms with Gasteiger partial charge in [-0.25, -0.2) is 0 Å². The molecule has 1 atom stereocenters. The molecule has 0 aliphatic heterocycles. The molecule has 0 saturated carbocycles. The van der Waals surface area contributed by atoms with Gasteiger partial charge in [-0.2, -0.15) is 0 Å². The molecule has 0 aromatic rings. The van der Waals surface area contributed by atoms with Crippen molar-refractivity contribution in [2.45, 2.75) is 72.6 Å². The molecule has 1 radical (unpaired) electrons. The minimum absolute atomic E-state index is 0. The van der Waals surface area contributed by atoms with Gasteiger partial charge in [0.25, 0.3) is 0 Å². The Labute approximate surface area is 138 Å². The summed E-state index contributed by atoms with van der Waals surface area (Å²) in [6.45, 7) is 9.09. The van der Waals surface area contributed by atoms with Gasteiger partial charge in [0.15, 0.2) is 0 Å². The van der Waals surface area contributed by atoms with E-state index in [1.54, 1.807) is 0 Å². The zero-order valence-electron chi connectivity index (χ0n) is 13.7. The first-order chi connectivity index (χ1) is 8.16. The van der Waals surface area contributed by atoms with Crippen LogP contribution in [0, 0.1) is 0 Å². The molecule has 0 aliphatic carbocycles. The molecule has 0 amide bonds. The minimum Gasteiger partial charge on any atom is -0.0652 e. The summed E-state index contributed by atoms with van der Waals surface area (Å²) in [4.78, 5) is 0. The molecule has 0 fully saturated rings. The Morgan fingerprint density at radius 3 is 1.29 bits per heavy atom. The van der Waals surface area contributed by atoms with Crippen LogP contribution in [0.4, 0.5) is 0 Å². The van der Waals surface area contributed by atoms with Gasteiger partial charge in [-0.1, -0.05) is 47.0 Å². The van der Waals surface area contributed by atoms with Crippen LogP contribution in [0.15, 0.2) is 0 Å². The van der Waals surface area contributed by atoms with Gasteiger partial charge in [-0.3, -0.25) is 0 Å². The molecular formula is C15H34PY+. The van der Waals surface area contributed by atoms with Gasteiger partial charge in [0.2, 0.25) is 0 Å². The van der Waals surface area contributed by atoms with Gasteiger partial charge in [0, 0.05) is 40.0 Å². The molecule has 0 bridgehead atoms. The summed E-state index contributed by atoms with van der Waals surface area (Å²) >= 11 is 0. The van der Waals surface area contributed by atoms with E-state index >= 15 is 0 Å². The average molecular weight is 335 g/mol. The number of hydrogen-bond donors (Lipinski definition) is 0. The van der Waals surface area contributed by atoms with Gasteiger partial charge in [-0.15, -0.1) is 0 Å². The zero-order valence-corrected chi connectivity index (χ0v) is 16.4. The normalized spacial score (nSPS) is 14.0. The molecule has 0 saturated heterocycles. The third-order valence-corrected chi connectivity index (χ3v) is 8.20. The predicted octanol–water partition coefficient (Wildman–Crippen LogP) is 5.81. The Balaban J connectivity index is 0. The molecule has 0 aliphatic rings. The second kappa shape index (κ2) is 14.0. The molecular weight excluding hydrogens is 300 g/mol. The summed E-state index contributed by atoms with van der Waals surface area (Å²) in [7, 11) is -0.970. The van der Waals surface area contributed by atoms with Crippen LogP contribution in [-0.4, -0.2) is 24.6 Å². The van der Waals surface area contributed by atoms with Crippen LogP contribution in [0.5, 0.6) is 0 Å². The van der Waals surface area contributed by atoms with Crippen molar-refractivity contribution in [1.29, 1.82) is 0 Å². The van der Waals surface area contributed by atoms with E-state index in [2.05, 4.69) is 27.7 Å². The van der Waals surface area contributed by atoms with Crippen LogP contribution < -0.4 is 0 Å². The fraction of sp³-hybridized carbons (Fsp3) is 1.00. The molecule has 0 N–H and O–H groups in total. The Kier molecular flexibility index (Phi) is 15.2. The topological polar surface area (TPSA) is 0 Å². The largest absolute Gasteiger partial charge is 0.0708 e. The van der Waals surface area contributed by atoms with Gasteiger partial charge < -0.3 is 0 Å². The maximum Gasteiger partial charge on any atom is 0.0708 e. The molecule has 0 rings (SSSR count). The Hall–Kier alpha value is 1.53. The Bertz CT molecular complexity index is 154. The first kappa shape index (κ1) is 18.5. The summed E-state index contributed by atoms with van der Waals surface area (Å²) in [5.41, 5.74) is 0. The molecule has 101 valence electrons. The van der Waals surface area contributed by atoms with Crippen LogP contribution in [0.1, 0.15) is 74.0 Å². The van der Waals surface area contributed by atoms with E-state index in [0.29, 0.717) is 0 Å². The molecule has 0 nitrogen and oxygen atoms in total. The number of hydrogen-bond acceptors (Lipinski definition) is 0. The van der Waals surface area contributed by atoms with Crippen molar-refractivity contribution in [3.63, 3.8) is 0 Å². The molecule has 0 spiro atoms. The summed E-state index contributed by atoms with van der Waals surface area (Å²) in [5, 5.41) is 0. The van der Waals surface area contributed by atoms with Crippen molar-refractivity contribution in [3.05, 3.63) is 0 Å².